The second-order valence-corrected chi connectivity index (χ2v) is 7.29. The van der Waals surface area contributed by atoms with Crippen LogP contribution in [0.4, 0.5) is 4.79 Å². The van der Waals surface area contributed by atoms with Gasteiger partial charge in [-0.15, -0.1) is 0 Å². The molecule has 1 aromatic carbocycles. The summed E-state index contributed by atoms with van der Waals surface area (Å²) in [6.07, 6.45) is 6.91. The summed E-state index contributed by atoms with van der Waals surface area (Å²) < 4.78 is 5.58. The van der Waals surface area contributed by atoms with Crippen molar-refractivity contribution >= 4 is 22.0 Å². The molecule has 2 aliphatic rings. The number of carbonyl (C=O) groups is 1. The van der Waals surface area contributed by atoms with Crippen molar-refractivity contribution < 1.29 is 9.53 Å². The SMILES string of the molecule is O=C(OCc1ccccc1)N1C2CCCC1CC(CCBr)C2. The van der Waals surface area contributed by atoms with Crippen molar-refractivity contribution in [2.24, 2.45) is 5.92 Å². The van der Waals surface area contributed by atoms with Crippen molar-refractivity contribution in [1.29, 1.82) is 0 Å². The molecule has 1 aromatic rings. The summed E-state index contributed by atoms with van der Waals surface area (Å²) >= 11 is 3.55. The Morgan fingerprint density at radius 1 is 1.18 bits per heavy atom. The van der Waals surface area contributed by atoms with E-state index in [2.05, 4.69) is 20.8 Å². The van der Waals surface area contributed by atoms with Crippen LogP contribution in [0.3, 0.4) is 0 Å². The molecule has 0 radical (unpaired) electrons. The van der Waals surface area contributed by atoms with Gasteiger partial charge in [0, 0.05) is 17.4 Å². The van der Waals surface area contributed by atoms with Crippen molar-refractivity contribution in [3.63, 3.8) is 0 Å². The minimum absolute atomic E-state index is 0.115. The maximum absolute atomic E-state index is 12.5. The molecule has 2 heterocycles. The summed E-state index contributed by atoms with van der Waals surface area (Å²) in [4.78, 5) is 14.6. The molecule has 22 heavy (non-hydrogen) atoms. The zero-order valence-electron chi connectivity index (χ0n) is 12.9. The van der Waals surface area contributed by atoms with Crippen LogP contribution in [-0.4, -0.2) is 28.4 Å². The van der Waals surface area contributed by atoms with Gasteiger partial charge in [-0.2, -0.15) is 0 Å². The molecule has 0 saturated carbocycles. The predicted octanol–water partition coefficient (Wildman–Crippen LogP) is 4.74. The van der Waals surface area contributed by atoms with Gasteiger partial charge in [0.15, 0.2) is 0 Å². The average Bonchev–Trinajstić information content (AvgIpc) is 2.53. The van der Waals surface area contributed by atoms with E-state index >= 15 is 0 Å². The first-order valence-electron chi connectivity index (χ1n) is 8.33. The topological polar surface area (TPSA) is 29.5 Å². The maximum atomic E-state index is 12.5. The first-order valence-corrected chi connectivity index (χ1v) is 9.45. The van der Waals surface area contributed by atoms with Gasteiger partial charge in [0.25, 0.3) is 0 Å². The number of carbonyl (C=O) groups excluding carboxylic acids is 1. The molecule has 2 bridgehead atoms. The summed E-state index contributed by atoms with van der Waals surface area (Å²) in [6.45, 7) is 0.375. The van der Waals surface area contributed by atoms with E-state index in [1.165, 1.54) is 12.8 Å². The molecule has 0 aliphatic carbocycles. The molecule has 2 aliphatic heterocycles. The molecule has 120 valence electrons. The van der Waals surface area contributed by atoms with Crippen LogP contribution in [0.1, 0.15) is 44.1 Å². The molecule has 2 fully saturated rings. The Labute approximate surface area is 141 Å². The number of piperidine rings is 2. The van der Waals surface area contributed by atoms with Gasteiger partial charge in [-0.25, -0.2) is 4.79 Å². The van der Waals surface area contributed by atoms with Crippen molar-refractivity contribution in [2.45, 2.75) is 57.2 Å². The summed E-state index contributed by atoms with van der Waals surface area (Å²) in [6, 6.07) is 10.7. The van der Waals surface area contributed by atoms with Gasteiger partial charge in [-0.3, -0.25) is 0 Å². The summed E-state index contributed by atoms with van der Waals surface area (Å²) in [7, 11) is 0. The Balaban J connectivity index is 1.60. The van der Waals surface area contributed by atoms with E-state index in [1.807, 2.05) is 30.3 Å². The third-order valence-corrected chi connectivity index (χ3v) is 5.46. The molecule has 4 heteroatoms. The van der Waals surface area contributed by atoms with E-state index in [9.17, 15) is 4.79 Å². The number of hydrogen-bond acceptors (Lipinski definition) is 2. The molecule has 2 unspecified atom stereocenters. The molecule has 1 amide bonds. The van der Waals surface area contributed by atoms with Crippen LogP contribution in [0.5, 0.6) is 0 Å². The minimum Gasteiger partial charge on any atom is -0.445 e. The number of ether oxygens (including phenoxy) is 1. The summed E-state index contributed by atoms with van der Waals surface area (Å²) in [5, 5.41) is 1.07. The average molecular weight is 366 g/mol. The number of benzene rings is 1. The molecule has 3 nitrogen and oxygen atoms in total. The van der Waals surface area contributed by atoms with Crippen molar-refractivity contribution in [1.82, 2.24) is 4.90 Å². The second-order valence-electron chi connectivity index (χ2n) is 6.50. The zero-order valence-corrected chi connectivity index (χ0v) is 14.5. The smallest absolute Gasteiger partial charge is 0.410 e. The van der Waals surface area contributed by atoms with Gasteiger partial charge in [0.05, 0.1) is 0 Å². The molecule has 0 spiro atoms. The van der Waals surface area contributed by atoms with Gasteiger partial charge >= 0.3 is 6.09 Å². The lowest BCUT2D eigenvalue weighted by Gasteiger charge is -2.48. The van der Waals surface area contributed by atoms with Crippen molar-refractivity contribution in [3.8, 4) is 0 Å². The number of hydrogen-bond donors (Lipinski definition) is 0. The first kappa shape index (κ1) is 15.9. The normalized spacial score (nSPS) is 27.5. The van der Waals surface area contributed by atoms with Crippen LogP contribution in [-0.2, 0) is 11.3 Å². The highest BCUT2D eigenvalue weighted by molar-refractivity contribution is 9.09. The van der Waals surface area contributed by atoms with E-state index in [0.29, 0.717) is 18.7 Å². The Morgan fingerprint density at radius 3 is 2.50 bits per heavy atom. The van der Waals surface area contributed by atoms with Crippen LogP contribution in [0.2, 0.25) is 0 Å². The lowest BCUT2D eigenvalue weighted by atomic mass is 9.77. The van der Waals surface area contributed by atoms with Gasteiger partial charge in [-0.1, -0.05) is 46.3 Å². The lowest BCUT2D eigenvalue weighted by Crippen LogP contribution is -2.54. The first-order chi connectivity index (χ1) is 10.8. The number of fused-ring (bicyclic) bond motifs is 2. The van der Waals surface area contributed by atoms with Gasteiger partial charge in [0.1, 0.15) is 6.61 Å². The molecular formula is C18H24BrNO2. The van der Waals surface area contributed by atoms with Crippen LogP contribution >= 0.6 is 15.9 Å². The van der Waals surface area contributed by atoms with Gasteiger partial charge in [-0.05, 0) is 50.0 Å². The molecular weight excluding hydrogens is 342 g/mol. The number of alkyl halides is 1. The largest absolute Gasteiger partial charge is 0.445 e. The number of rotatable bonds is 4. The third-order valence-electron chi connectivity index (χ3n) is 5.01. The van der Waals surface area contributed by atoms with E-state index in [0.717, 1.165) is 42.5 Å². The second kappa shape index (κ2) is 7.49. The van der Waals surface area contributed by atoms with Crippen molar-refractivity contribution in [3.05, 3.63) is 35.9 Å². The third kappa shape index (κ3) is 3.65. The fourth-order valence-corrected chi connectivity index (χ4v) is 4.62. The Bertz CT molecular complexity index is 479. The molecule has 0 N–H and O–H groups in total. The monoisotopic (exact) mass is 365 g/mol. The van der Waals surface area contributed by atoms with Crippen LogP contribution in [0, 0.1) is 5.92 Å². The number of nitrogens with zero attached hydrogens (tertiary/aromatic N) is 1. The highest BCUT2D eigenvalue weighted by atomic mass is 79.9. The van der Waals surface area contributed by atoms with Crippen molar-refractivity contribution in [2.75, 3.05) is 5.33 Å². The van der Waals surface area contributed by atoms with Gasteiger partial charge < -0.3 is 9.64 Å². The van der Waals surface area contributed by atoms with E-state index in [1.54, 1.807) is 0 Å². The van der Waals surface area contributed by atoms with E-state index in [4.69, 9.17) is 4.74 Å². The lowest BCUT2D eigenvalue weighted by molar-refractivity contribution is 0.00287. The Hall–Kier alpha value is -1.03. The minimum atomic E-state index is -0.115. The molecule has 2 saturated heterocycles. The summed E-state index contributed by atoms with van der Waals surface area (Å²) in [5.41, 5.74) is 1.05. The van der Waals surface area contributed by atoms with Crippen LogP contribution in [0.15, 0.2) is 30.3 Å². The highest BCUT2D eigenvalue weighted by Gasteiger charge is 2.41. The number of halogens is 1. The number of amides is 1. The fourth-order valence-electron chi connectivity index (χ4n) is 3.98. The van der Waals surface area contributed by atoms with Gasteiger partial charge in [0.2, 0.25) is 0 Å². The van der Waals surface area contributed by atoms with E-state index in [-0.39, 0.29) is 6.09 Å². The van der Waals surface area contributed by atoms with E-state index < -0.39 is 0 Å². The summed E-state index contributed by atoms with van der Waals surface area (Å²) in [5.74, 6) is 0.757. The maximum Gasteiger partial charge on any atom is 0.410 e. The Kier molecular flexibility index (Phi) is 5.40. The molecule has 0 aromatic heterocycles. The fraction of sp³-hybridized carbons (Fsp3) is 0.611. The Morgan fingerprint density at radius 2 is 1.86 bits per heavy atom. The molecule has 2 atom stereocenters. The zero-order chi connectivity index (χ0) is 15.4. The predicted molar refractivity (Wildman–Crippen MR) is 91.0 cm³/mol. The van der Waals surface area contributed by atoms with Crippen LogP contribution in [0.25, 0.3) is 0 Å². The highest BCUT2D eigenvalue weighted by Crippen LogP contribution is 2.38. The van der Waals surface area contributed by atoms with Crippen LogP contribution < -0.4 is 0 Å². The molecule has 3 rings (SSSR count). The quantitative estimate of drug-likeness (QED) is 0.721. The standard InChI is InChI=1S/C18H24BrNO2/c19-10-9-15-11-16-7-4-8-17(12-15)20(16)18(21)22-13-14-5-2-1-3-6-14/h1-3,5-6,15-17H,4,7-13H2.